The Hall–Kier alpha value is -1.85. The third-order valence-electron chi connectivity index (χ3n) is 5.01. The average molecular weight is 359 g/mol. The number of fused-ring (bicyclic) bond motifs is 1. The van der Waals surface area contributed by atoms with Crippen LogP contribution in [0.5, 0.6) is 0 Å². The van der Waals surface area contributed by atoms with E-state index < -0.39 is 0 Å². The summed E-state index contributed by atoms with van der Waals surface area (Å²) in [6, 6.07) is 8.18. The van der Waals surface area contributed by atoms with E-state index in [1.54, 1.807) is 0 Å². The van der Waals surface area contributed by atoms with Gasteiger partial charge in [-0.3, -0.25) is 4.90 Å². The van der Waals surface area contributed by atoms with E-state index in [1.807, 2.05) is 12.1 Å². The molecule has 25 heavy (non-hydrogen) atoms. The zero-order chi connectivity index (χ0) is 17.4. The number of aromatic nitrogens is 3. The molecule has 6 heteroatoms. The molecule has 0 saturated carbocycles. The molecule has 3 aromatic rings. The standard InChI is InChI=1S/C19H23ClN4O/c1-12(2)18-22-19(25-23-18)13-7-9-24(10-8-13)11-16-17(20)14-5-3-4-6-15(14)21-16/h3-6,12-13,21H,7-11H2,1-2H3. The second-order valence-corrected chi connectivity index (χ2v) is 7.54. The van der Waals surface area contributed by atoms with Crippen molar-refractivity contribution in [3.05, 3.63) is 46.7 Å². The fourth-order valence-electron chi connectivity index (χ4n) is 3.48. The van der Waals surface area contributed by atoms with Crippen molar-refractivity contribution in [3.8, 4) is 0 Å². The molecule has 1 fully saturated rings. The minimum atomic E-state index is 0.307. The van der Waals surface area contributed by atoms with Crippen LogP contribution in [0.15, 0.2) is 28.8 Å². The highest BCUT2D eigenvalue weighted by Gasteiger charge is 2.26. The van der Waals surface area contributed by atoms with Gasteiger partial charge in [0, 0.05) is 35.0 Å². The topological polar surface area (TPSA) is 58.0 Å². The van der Waals surface area contributed by atoms with E-state index in [0.29, 0.717) is 11.8 Å². The summed E-state index contributed by atoms with van der Waals surface area (Å²) in [4.78, 5) is 10.5. The Morgan fingerprint density at radius 1 is 1.28 bits per heavy atom. The lowest BCUT2D eigenvalue weighted by Gasteiger charge is -2.30. The van der Waals surface area contributed by atoms with Gasteiger partial charge in [-0.2, -0.15) is 4.98 Å². The third kappa shape index (κ3) is 3.31. The molecule has 1 N–H and O–H groups in total. The largest absolute Gasteiger partial charge is 0.356 e. The zero-order valence-corrected chi connectivity index (χ0v) is 15.4. The number of halogens is 1. The van der Waals surface area contributed by atoms with Crippen LogP contribution in [-0.2, 0) is 6.54 Å². The number of benzene rings is 1. The highest BCUT2D eigenvalue weighted by molar-refractivity contribution is 6.36. The van der Waals surface area contributed by atoms with Crippen LogP contribution in [0.25, 0.3) is 10.9 Å². The van der Waals surface area contributed by atoms with Crippen LogP contribution in [0.3, 0.4) is 0 Å². The number of hydrogen-bond donors (Lipinski definition) is 1. The monoisotopic (exact) mass is 358 g/mol. The molecule has 1 aromatic carbocycles. The Labute approximate surface area is 152 Å². The minimum absolute atomic E-state index is 0.307. The molecule has 0 amide bonds. The van der Waals surface area contributed by atoms with Crippen LogP contribution in [-0.4, -0.2) is 33.1 Å². The molecule has 2 aromatic heterocycles. The molecule has 0 spiro atoms. The van der Waals surface area contributed by atoms with E-state index in [0.717, 1.165) is 65.8 Å². The molecule has 1 aliphatic rings. The van der Waals surface area contributed by atoms with Crippen molar-refractivity contribution in [3.63, 3.8) is 0 Å². The molecule has 0 radical (unpaired) electrons. The Kier molecular flexibility index (Phi) is 4.52. The summed E-state index contributed by atoms with van der Waals surface area (Å²) in [6.07, 6.45) is 2.08. The number of nitrogens with zero attached hydrogens (tertiary/aromatic N) is 3. The lowest BCUT2D eigenvalue weighted by atomic mass is 9.96. The smallest absolute Gasteiger partial charge is 0.229 e. The maximum absolute atomic E-state index is 6.54. The van der Waals surface area contributed by atoms with Gasteiger partial charge < -0.3 is 9.51 Å². The van der Waals surface area contributed by atoms with E-state index in [4.69, 9.17) is 16.1 Å². The van der Waals surface area contributed by atoms with E-state index in [1.165, 1.54) is 0 Å². The lowest BCUT2D eigenvalue weighted by Crippen LogP contribution is -2.32. The predicted molar refractivity (Wildman–Crippen MR) is 98.9 cm³/mol. The number of nitrogens with one attached hydrogen (secondary N) is 1. The molecular formula is C19H23ClN4O. The van der Waals surface area contributed by atoms with Crippen LogP contribution in [0.1, 0.15) is 55.9 Å². The summed E-state index contributed by atoms with van der Waals surface area (Å²) in [6.45, 7) is 7.04. The summed E-state index contributed by atoms with van der Waals surface area (Å²) in [5.41, 5.74) is 2.20. The van der Waals surface area contributed by atoms with Gasteiger partial charge in [0.2, 0.25) is 5.89 Å². The number of piperidine rings is 1. The normalized spacial score (nSPS) is 17.0. The summed E-state index contributed by atoms with van der Waals surface area (Å²) < 4.78 is 5.47. The third-order valence-corrected chi connectivity index (χ3v) is 5.44. The molecule has 0 aliphatic carbocycles. The van der Waals surface area contributed by atoms with E-state index in [2.05, 4.69) is 46.0 Å². The molecular weight excluding hydrogens is 336 g/mol. The van der Waals surface area contributed by atoms with Crippen molar-refractivity contribution in [1.82, 2.24) is 20.0 Å². The maximum Gasteiger partial charge on any atom is 0.229 e. The highest BCUT2D eigenvalue weighted by atomic mass is 35.5. The minimum Gasteiger partial charge on any atom is -0.356 e. The molecule has 1 saturated heterocycles. The van der Waals surface area contributed by atoms with Gasteiger partial charge in [-0.1, -0.05) is 48.8 Å². The lowest BCUT2D eigenvalue weighted by molar-refractivity contribution is 0.186. The fourth-order valence-corrected chi connectivity index (χ4v) is 3.75. The predicted octanol–water partition coefficient (Wildman–Crippen LogP) is 4.71. The van der Waals surface area contributed by atoms with Crippen molar-refractivity contribution in [2.45, 2.75) is 45.1 Å². The first kappa shape index (κ1) is 16.6. The first-order valence-corrected chi connectivity index (χ1v) is 9.30. The van der Waals surface area contributed by atoms with Gasteiger partial charge in [-0.25, -0.2) is 0 Å². The number of hydrogen-bond acceptors (Lipinski definition) is 4. The number of rotatable bonds is 4. The van der Waals surface area contributed by atoms with Gasteiger partial charge in [0.1, 0.15) is 0 Å². The Morgan fingerprint density at radius 2 is 2.04 bits per heavy atom. The number of para-hydroxylation sites is 1. The summed E-state index contributed by atoms with van der Waals surface area (Å²) >= 11 is 6.54. The van der Waals surface area contributed by atoms with Crippen LogP contribution in [0.4, 0.5) is 0 Å². The Bertz CT molecular complexity index is 861. The van der Waals surface area contributed by atoms with Crippen LogP contribution >= 0.6 is 11.6 Å². The van der Waals surface area contributed by atoms with Crippen LogP contribution in [0.2, 0.25) is 5.02 Å². The van der Waals surface area contributed by atoms with Crippen molar-refractivity contribution in [2.75, 3.05) is 13.1 Å². The number of aromatic amines is 1. The quantitative estimate of drug-likeness (QED) is 0.733. The van der Waals surface area contributed by atoms with E-state index >= 15 is 0 Å². The van der Waals surface area contributed by atoms with Gasteiger partial charge in [0.25, 0.3) is 0 Å². The van der Waals surface area contributed by atoms with Gasteiger partial charge in [0.15, 0.2) is 5.82 Å². The molecule has 0 unspecified atom stereocenters. The van der Waals surface area contributed by atoms with Crippen molar-refractivity contribution in [1.29, 1.82) is 0 Å². The SMILES string of the molecule is CC(C)c1noc(C2CCN(Cc3[nH]c4ccccc4c3Cl)CC2)n1. The summed E-state index contributed by atoms with van der Waals surface area (Å²) in [7, 11) is 0. The first-order chi connectivity index (χ1) is 12.1. The van der Waals surface area contributed by atoms with Gasteiger partial charge in [0.05, 0.1) is 5.02 Å². The molecule has 3 heterocycles. The fraction of sp³-hybridized carbons (Fsp3) is 0.474. The summed E-state index contributed by atoms with van der Waals surface area (Å²) in [5, 5.41) is 6.03. The van der Waals surface area contributed by atoms with Gasteiger partial charge >= 0.3 is 0 Å². The number of H-pyrrole nitrogens is 1. The molecule has 1 aliphatic heterocycles. The maximum atomic E-state index is 6.54. The zero-order valence-electron chi connectivity index (χ0n) is 14.6. The Morgan fingerprint density at radius 3 is 2.72 bits per heavy atom. The summed E-state index contributed by atoms with van der Waals surface area (Å²) in [5.74, 6) is 2.28. The average Bonchev–Trinajstić information content (AvgIpc) is 3.22. The van der Waals surface area contributed by atoms with Crippen LogP contribution in [0, 0.1) is 0 Å². The second kappa shape index (κ2) is 6.81. The molecule has 5 nitrogen and oxygen atoms in total. The van der Waals surface area contributed by atoms with Gasteiger partial charge in [-0.05, 0) is 32.0 Å². The second-order valence-electron chi connectivity index (χ2n) is 7.16. The Balaban J connectivity index is 1.40. The van der Waals surface area contributed by atoms with E-state index in [-0.39, 0.29) is 0 Å². The van der Waals surface area contributed by atoms with Crippen LogP contribution < -0.4 is 0 Å². The van der Waals surface area contributed by atoms with Gasteiger partial charge in [-0.15, -0.1) is 0 Å². The molecule has 0 atom stereocenters. The van der Waals surface area contributed by atoms with Crippen molar-refractivity contribution < 1.29 is 4.52 Å². The van der Waals surface area contributed by atoms with Crippen molar-refractivity contribution in [2.24, 2.45) is 0 Å². The molecule has 0 bridgehead atoms. The highest BCUT2D eigenvalue weighted by Crippen LogP contribution is 2.31. The number of likely N-dealkylation sites (tertiary alicyclic amines) is 1. The van der Waals surface area contributed by atoms with E-state index in [9.17, 15) is 0 Å². The molecule has 132 valence electrons. The first-order valence-electron chi connectivity index (χ1n) is 8.92. The molecule has 4 rings (SSSR count). The van der Waals surface area contributed by atoms with Crippen molar-refractivity contribution >= 4 is 22.5 Å².